The van der Waals surface area contributed by atoms with E-state index in [1.807, 2.05) is 112 Å². The number of aliphatic carboxylic acids is 1. The predicted octanol–water partition coefficient (Wildman–Crippen LogP) is 14.4. The third-order valence-corrected chi connectivity index (χ3v) is 25.8. The first kappa shape index (κ1) is 88.3. The molecule has 10 heterocycles. The summed E-state index contributed by atoms with van der Waals surface area (Å²) in [5.74, 6) is -2.48. The molecule has 660 valence electrons. The number of rotatable bonds is 31. The second-order valence-electron chi connectivity index (χ2n) is 34.6. The number of nitrogen functional groups attached to an aromatic ring is 2. The Hall–Kier alpha value is -14.1. The molecule has 0 radical (unpaired) electrons. The summed E-state index contributed by atoms with van der Waals surface area (Å²) in [5.41, 5.74) is 42.0. The molecule has 0 bridgehead atoms. The van der Waals surface area contributed by atoms with E-state index >= 15 is 0 Å². The molecular formula is C101H105N17O11. The second kappa shape index (κ2) is 39.0. The smallest absolute Gasteiger partial charge is 0.303 e. The number of nitrogens with one attached hydrogen (secondary N) is 3. The van der Waals surface area contributed by atoms with Crippen LogP contribution in [0.2, 0.25) is 0 Å². The molecule has 2 saturated heterocycles. The highest BCUT2D eigenvalue weighted by Crippen LogP contribution is 2.45. The standard InChI is InChI=1S/C50H51N9O5.C31H29N5O2.C20H25N3O4/c51-44-37(15-8-29-54-44)45-56-39-22-21-38(55-46(39)58(45)35-19-17-34(18-20-35)50(52)26-9-27-50)33-13-6-10-31(30-33)16-24-41(60)53-28-5-3-1-2-4-11-32-12-7-14-36-43(32)49(64)59(48(36)63)40-23-25-42(61)57-47(40)62;1-31(16-4-17-31)22-9-11-23(12-10-22)36-29(24-7-3-18-33-28(24)32)35-26-14-13-25(34-30(26)36)21-6-2-5-20(19-21)8-15-27(37)38;21-12-5-3-1-2-4-7-13-8-6-9-14-17(13)20(27)23(19(14)26)15-10-11-16(24)22-18(15)25/h6-8,10,12-15,17-22,29-30,40H,1-5,9,11,16,23-28,52H2,(H2,51,54)(H,53,60)(H,57,61,62);2-3,5-7,9-14,18-19H,4,8,15-17H2,1H3,(H2,32,33)(H,37,38);6,8-9,15H,1-5,7,10-12,21H2,(H,22,24,25). The van der Waals surface area contributed by atoms with Crippen molar-refractivity contribution in [1.82, 2.24) is 64.8 Å². The Bertz CT molecular complexity index is 6330. The van der Waals surface area contributed by atoms with E-state index in [1.54, 1.807) is 36.7 Å². The molecule has 2 saturated carbocycles. The highest BCUT2D eigenvalue weighted by molar-refractivity contribution is 6.25. The Balaban J connectivity index is 0.000000158. The average molecular weight is 1730 g/mol. The van der Waals surface area contributed by atoms with Crippen LogP contribution in [0.15, 0.2) is 194 Å². The summed E-state index contributed by atoms with van der Waals surface area (Å²) in [7, 11) is 0. The van der Waals surface area contributed by atoms with Crippen LogP contribution in [0.3, 0.4) is 0 Å². The highest BCUT2D eigenvalue weighted by atomic mass is 16.4. The van der Waals surface area contributed by atoms with Crippen LogP contribution in [0.5, 0.6) is 0 Å². The van der Waals surface area contributed by atoms with Crippen molar-refractivity contribution >= 4 is 93.1 Å². The SMILES string of the molecule is CC1(c2ccc(-n3c(-c4cccnc4N)nc4ccc(-c5cccc(CCC(=O)O)c5)nc43)cc2)CCC1.NCCCCCCCc1cccc2c1C(=O)N(C1CCC(=O)NC1=O)C2=O.Nc1ncccc1-c1nc2ccc(-c3cccc(CCC(=O)NCCCCCCCc4cccc5c4C(=O)N(C4CCC(=O)NC4=O)C5=O)c3)nc2n1-c1ccc(C2(N)CCC2)cc1. The number of aromatic nitrogens is 8. The average Bonchev–Trinajstić information content (AvgIpc) is 1.64. The summed E-state index contributed by atoms with van der Waals surface area (Å²) in [5, 5.41) is 16.6. The number of amides is 9. The van der Waals surface area contributed by atoms with Gasteiger partial charge in [0.1, 0.15) is 34.8 Å². The molecule has 129 heavy (non-hydrogen) atoms. The third kappa shape index (κ3) is 19.1. The lowest BCUT2D eigenvalue weighted by Gasteiger charge is -2.39. The van der Waals surface area contributed by atoms with E-state index in [2.05, 4.69) is 87.4 Å². The zero-order valence-corrected chi connectivity index (χ0v) is 72.2. The van der Waals surface area contributed by atoms with Crippen LogP contribution in [-0.4, -0.2) is 138 Å². The number of piperidine rings is 2. The van der Waals surface area contributed by atoms with Crippen LogP contribution in [0.1, 0.15) is 223 Å². The number of carboxylic acid groups (broad SMARTS) is 1. The maximum atomic E-state index is 13.4. The number of imide groups is 4. The van der Waals surface area contributed by atoms with Crippen LogP contribution in [0.4, 0.5) is 11.6 Å². The topological polar surface area (TPSA) is 425 Å². The van der Waals surface area contributed by atoms with Gasteiger partial charge in [-0.25, -0.2) is 29.9 Å². The van der Waals surface area contributed by atoms with Crippen molar-refractivity contribution in [2.24, 2.45) is 11.5 Å². The quantitative estimate of drug-likeness (QED) is 0.0148. The molecule has 28 heteroatoms. The van der Waals surface area contributed by atoms with E-state index in [-0.39, 0.29) is 54.9 Å². The molecule has 6 aromatic heterocycles. The van der Waals surface area contributed by atoms with Gasteiger partial charge in [0.05, 0.1) is 44.8 Å². The fraction of sp³-hybridized carbons (Fsp3) is 0.327. The number of anilines is 2. The summed E-state index contributed by atoms with van der Waals surface area (Å²) in [6, 6.07) is 57.1. The van der Waals surface area contributed by atoms with E-state index in [0.29, 0.717) is 102 Å². The Kier molecular flexibility index (Phi) is 26.7. The van der Waals surface area contributed by atoms with E-state index in [4.69, 9.17) is 48.0 Å². The van der Waals surface area contributed by atoms with Gasteiger partial charge in [-0.1, -0.05) is 137 Å². The van der Waals surface area contributed by atoms with Crippen molar-refractivity contribution in [3.63, 3.8) is 0 Å². The molecule has 6 aromatic carbocycles. The van der Waals surface area contributed by atoms with Crippen molar-refractivity contribution in [1.29, 1.82) is 0 Å². The fourth-order valence-electron chi connectivity index (χ4n) is 18.2. The van der Waals surface area contributed by atoms with Gasteiger partial charge in [-0.05, 0) is 239 Å². The number of benzene rings is 6. The molecule has 28 nitrogen and oxygen atoms in total. The first-order chi connectivity index (χ1) is 62.5. The van der Waals surface area contributed by atoms with Crippen molar-refractivity contribution in [2.45, 2.75) is 197 Å². The summed E-state index contributed by atoms with van der Waals surface area (Å²) < 4.78 is 4.08. The fourth-order valence-corrected chi connectivity index (χ4v) is 18.2. The number of aryl methyl sites for hydroxylation is 4. The first-order valence-electron chi connectivity index (χ1n) is 44.8. The van der Waals surface area contributed by atoms with Gasteiger partial charge in [-0.2, -0.15) is 0 Å². The molecule has 18 rings (SSSR count). The van der Waals surface area contributed by atoms with Crippen molar-refractivity contribution in [3.05, 3.63) is 250 Å². The second-order valence-corrected chi connectivity index (χ2v) is 34.6. The van der Waals surface area contributed by atoms with Gasteiger partial charge in [0.25, 0.3) is 23.6 Å². The molecule has 12 N–H and O–H groups in total. The molecule has 4 aliphatic heterocycles. The molecule has 12 aromatic rings. The molecule has 0 spiro atoms. The molecule has 2 atom stereocenters. The van der Waals surface area contributed by atoms with Crippen LogP contribution in [0, 0.1) is 0 Å². The van der Waals surface area contributed by atoms with Crippen molar-refractivity contribution < 1.29 is 53.1 Å². The summed E-state index contributed by atoms with van der Waals surface area (Å²) in [6.45, 7) is 3.63. The minimum absolute atomic E-state index is 0.00318. The Labute approximate surface area is 746 Å². The maximum absolute atomic E-state index is 13.4. The lowest BCUT2D eigenvalue weighted by Crippen LogP contribution is -2.54. The van der Waals surface area contributed by atoms with Gasteiger partial charge < -0.3 is 33.4 Å². The maximum Gasteiger partial charge on any atom is 0.303 e. The normalized spacial score (nSPS) is 16.6. The third-order valence-electron chi connectivity index (χ3n) is 25.8. The summed E-state index contributed by atoms with van der Waals surface area (Å²) in [6.07, 6.45) is 23.2. The van der Waals surface area contributed by atoms with Crippen LogP contribution in [-0.2, 0) is 65.4 Å². The van der Waals surface area contributed by atoms with E-state index in [0.717, 1.165) is 177 Å². The number of carbonyl (C=O) groups excluding carboxylic acids is 9. The molecule has 9 amide bonds. The Morgan fingerprint density at radius 2 is 0.915 bits per heavy atom. The molecule has 2 unspecified atom stereocenters. The van der Waals surface area contributed by atoms with Gasteiger partial charge in [0.2, 0.25) is 29.5 Å². The number of imidazole rings is 2. The van der Waals surface area contributed by atoms with Gasteiger partial charge in [0, 0.05) is 72.7 Å². The number of fused-ring (bicyclic) bond motifs is 4. The zero-order valence-electron chi connectivity index (χ0n) is 72.2. The molecule has 4 fully saturated rings. The van der Waals surface area contributed by atoms with Crippen LogP contribution >= 0.6 is 0 Å². The van der Waals surface area contributed by atoms with Gasteiger partial charge >= 0.3 is 5.97 Å². The van der Waals surface area contributed by atoms with Gasteiger partial charge in [0.15, 0.2) is 22.9 Å². The number of hydrogen-bond donors (Lipinski definition) is 8. The number of carboxylic acids is 1. The first-order valence-corrected chi connectivity index (χ1v) is 44.8. The number of nitrogens with two attached hydrogens (primary N) is 4. The van der Waals surface area contributed by atoms with Gasteiger partial charge in [-0.15, -0.1) is 0 Å². The van der Waals surface area contributed by atoms with Crippen molar-refractivity contribution in [3.8, 4) is 56.7 Å². The highest BCUT2D eigenvalue weighted by Gasteiger charge is 2.48. The number of carbonyl (C=O) groups is 10. The molecule has 2 aliphatic carbocycles. The number of pyridine rings is 4. The monoisotopic (exact) mass is 1730 g/mol. The molecular weight excluding hydrogens is 1630 g/mol. The van der Waals surface area contributed by atoms with Crippen molar-refractivity contribution in [2.75, 3.05) is 24.6 Å². The van der Waals surface area contributed by atoms with Crippen LogP contribution in [0.25, 0.3) is 79.0 Å². The lowest BCUT2D eigenvalue weighted by atomic mass is 9.66. The number of nitrogens with zero attached hydrogens (tertiary/aromatic N) is 10. The number of hydrogen-bond acceptors (Lipinski definition) is 20. The minimum atomic E-state index is -0.979. The van der Waals surface area contributed by atoms with Crippen LogP contribution < -0.4 is 38.9 Å². The summed E-state index contributed by atoms with van der Waals surface area (Å²) in [4.78, 5) is 155. The van der Waals surface area contributed by atoms with E-state index in [9.17, 15) is 47.9 Å². The molecule has 6 aliphatic rings. The zero-order chi connectivity index (χ0) is 90.0. The largest absolute Gasteiger partial charge is 0.481 e. The summed E-state index contributed by atoms with van der Waals surface area (Å²) >= 11 is 0. The van der Waals surface area contributed by atoms with E-state index in [1.165, 1.54) is 24.8 Å². The van der Waals surface area contributed by atoms with E-state index < -0.39 is 59.4 Å². The minimum Gasteiger partial charge on any atom is -0.481 e. The van der Waals surface area contributed by atoms with Gasteiger partial charge in [-0.3, -0.25) is 77.5 Å². The lowest BCUT2D eigenvalue weighted by molar-refractivity contribution is -0.137. The predicted molar refractivity (Wildman–Crippen MR) is 491 cm³/mol. The Morgan fingerprint density at radius 1 is 0.473 bits per heavy atom. The Morgan fingerprint density at radius 3 is 1.36 bits per heavy atom. The number of unbranched alkanes of at least 4 members (excludes halogenated alkanes) is 8.